The van der Waals surface area contributed by atoms with E-state index in [2.05, 4.69) is 5.32 Å². The molecule has 8 heteroatoms. The summed E-state index contributed by atoms with van der Waals surface area (Å²) in [6.07, 6.45) is -0.271. The molecule has 0 spiro atoms. The molecule has 1 aliphatic rings. The first-order valence-corrected chi connectivity index (χ1v) is 11.2. The van der Waals surface area contributed by atoms with Gasteiger partial charge >= 0.3 is 0 Å². The number of sulfonamides is 1. The van der Waals surface area contributed by atoms with E-state index in [1.807, 2.05) is 25.1 Å². The van der Waals surface area contributed by atoms with Crippen molar-refractivity contribution in [3.8, 4) is 11.5 Å². The van der Waals surface area contributed by atoms with E-state index in [0.29, 0.717) is 22.9 Å². The zero-order valence-electron chi connectivity index (χ0n) is 16.9. The fraction of sp³-hybridized carbons (Fsp3) is 0.174. The van der Waals surface area contributed by atoms with Gasteiger partial charge in [-0.15, -0.1) is 0 Å². The third-order valence-electron chi connectivity index (χ3n) is 4.72. The van der Waals surface area contributed by atoms with Gasteiger partial charge < -0.3 is 14.8 Å². The molecule has 3 aromatic rings. The quantitative estimate of drug-likeness (QED) is 0.635. The van der Waals surface area contributed by atoms with Crippen LogP contribution in [0, 0.1) is 0 Å². The average molecular weight is 439 g/mol. The lowest BCUT2D eigenvalue weighted by molar-refractivity contribution is -0.118. The minimum absolute atomic E-state index is 0.134. The smallest absolute Gasteiger partial charge is 0.264 e. The molecule has 1 amide bonds. The molecule has 0 saturated carbocycles. The lowest BCUT2D eigenvalue weighted by Crippen LogP contribution is -2.42. The summed E-state index contributed by atoms with van der Waals surface area (Å²) in [6, 6.07) is 22.2. The van der Waals surface area contributed by atoms with Crippen molar-refractivity contribution < 1.29 is 22.7 Å². The zero-order valence-corrected chi connectivity index (χ0v) is 17.7. The monoisotopic (exact) mass is 438 g/mol. The minimum atomic E-state index is -3.78. The van der Waals surface area contributed by atoms with Gasteiger partial charge in [0.05, 0.1) is 17.1 Å². The number of carbonyl (C=O) groups excluding carboxylic acids is 1. The molecule has 1 heterocycles. The topological polar surface area (TPSA) is 84.9 Å². The second kappa shape index (κ2) is 8.69. The van der Waals surface area contributed by atoms with Crippen LogP contribution in [0.15, 0.2) is 83.8 Å². The summed E-state index contributed by atoms with van der Waals surface area (Å²) < 4.78 is 39.0. The van der Waals surface area contributed by atoms with Crippen molar-refractivity contribution in [2.45, 2.75) is 17.9 Å². The van der Waals surface area contributed by atoms with Crippen LogP contribution >= 0.6 is 0 Å². The number of hydrogen-bond donors (Lipinski definition) is 1. The second-order valence-electron chi connectivity index (χ2n) is 7.11. The van der Waals surface area contributed by atoms with E-state index in [1.54, 1.807) is 48.5 Å². The number of hydrogen-bond acceptors (Lipinski definition) is 5. The van der Waals surface area contributed by atoms with Crippen LogP contribution in [0.3, 0.4) is 0 Å². The van der Waals surface area contributed by atoms with Crippen LogP contribution in [-0.4, -0.2) is 33.6 Å². The van der Waals surface area contributed by atoms with Crippen molar-refractivity contribution in [1.29, 1.82) is 0 Å². The van der Waals surface area contributed by atoms with Gasteiger partial charge in [-0.25, -0.2) is 8.42 Å². The molecule has 0 bridgehead atoms. The number of anilines is 2. The standard InChI is InChI=1S/C23H22N2O5S/c1-17-15-25(21-9-5-6-10-22(21)30-17)31(27,28)20-13-11-18(12-14-20)24-23(26)16-29-19-7-3-2-4-8-19/h2-14,17H,15-16H2,1H3,(H,24,26). The van der Waals surface area contributed by atoms with E-state index in [-0.39, 0.29) is 30.1 Å². The summed E-state index contributed by atoms with van der Waals surface area (Å²) in [5.41, 5.74) is 0.993. The Morgan fingerprint density at radius 1 is 1.03 bits per heavy atom. The fourth-order valence-corrected chi connectivity index (χ4v) is 4.83. The minimum Gasteiger partial charge on any atom is -0.487 e. The average Bonchev–Trinajstić information content (AvgIpc) is 2.78. The van der Waals surface area contributed by atoms with E-state index in [0.717, 1.165) is 0 Å². The van der Waals surface area contributed by atoms with Gasteiger partial charge in [0.15, 0.2) is 6.61 Å². The molecule has 0 fully saturated rings. The number of ether oxygens (including phenoxy) is 2. The zero-order chi connectivity index (χ0) is 21.8. The molecule has 1 N–H and O–H groups in total. The molecular weight excluding hydrogens is 416 g/mol. The summed E-state index contributed by atoms with van der Waals surface area (Å²) in [6.45, 7) is 1.90. The Kier molecular flexibility index (Phi) is 5.81. The number of amides is 1. The predicted molar refractivity (Wildman–Crippen MR) is 118 cm³/mol. The molecule has 0 aliphatic carbocycles. The Hall–Kier alpha value is -3.52. The molecule has 0 saturated heterocycles. The molecule has 4 rings (SSSR count). The Labute approximate surface area is 181 Å². The molecule has 3 aromatic carbocycles. The SMILES string of the molecule is CC1CN(S(=O)(=O)c2ccc(NC(=O)COc3ccccc3)cc2)c2ccccc2O1. The highest BCUT2D eigenvalue weighted by Gasteiger charge is 2.32. The molecular formula is C23H22N2O5S. The molecule has 0 radical (unpaired) electrons. The summed E-state index contributed by atoms with van der Waals surface area (Å²) in [5, 5.41) is 2.70. The number of nitrogens with one attached hydrogen (secondary N) is 1. The maximum Gasteiger partial charge on any atom is 0.264 e. The van der Waals surface area contributed by atoms with Crippen LogP contribution < -0.4 is 19.1 Å². The van der Waals surface area contributed by atoms with Crippen LogP contribution in [0.1, 0.15) is 6.92 Å². The Balaban J connectivity index is 1.46. The van der Waals surface area contributed by atoms with E-state index < -0.39 is 10.0 Å². The van der Waals surface area contributed by atoms with E-state index in [1.165, 1.54) is 16.4 Å². The van der Waals surface area contributed by atoms with Crippen molar-refractivity contribution in [3.05, 3.63) is 78.9 Å². The van der Waals surface area contributed by atoms with Crippen LogP contribution in [0.5, 0.6) is 11.5 Å². The lowest BCUT2D eigenvalue weighted by atomic mass is 10.2. The van der Waals surface area contributed by atoms with E-state index in [9.17, 15) is 13.2 Å². The van der Waals surface area contributed by atoms with Crippen molar-refractivity contribution in [2.75, 3.05) is 22.8 Å². The fourth-order valence-electron chi connectivity index (χ4n) is 3.28. The Bertz CT molecular complexity index is 1160. The van der Waals surface area contributed by atoms with Gasteiger partial charge in [-0.2, -0.15) is 0 Å². The molecule has 7 nitrogen and oxygen atoms in total. The van der Waals surface area contributed by atoms with Gasteiger partial charge in [0.1, 0.15) is 17.6 Å². The summed E-state index contributed by atoms with van der Waals surface area (Å²) in [4.78, 5) is 12.2. The molecule has 1 unspecified atom stereocenters. The predicted octanol–water partition coefficient (Wildman–Crippen LogP) is 3.68. The summed E-state index contributed by atoms with van der Waals surface area (Å²) >= 11 is 0. The molecule has 1 aliphatic heterocycles. The van der Waals surface area contributed by atoms with Crippen LogP contribution in [0.25, 0.3) is 0 Å². The lowest BCUT2D eigenvalue weighted by Gasteiger charge is -2.34. The van der Waals surface area contributed by atoms with Gasteiger partial charge in [0, 0.05) is 5.69 Å². The van der Waals surface area contributed by atoms with E-state index >= 15 is 0 Å². The first-order valence-electron chi connectivity index (χ1n) is 9.80. The van der Waals surface area contributed by atoms with Crippen molar-refractivity contribution >= 4 is 27.3 Å². The molecule has 0 aromatic heterocycles. The number of benzene rings is 3. The van der Waals surface area contributed by atoms with Gasteiger partial charge in [0.2, 0.25) is 0 Å². The van der Waals surface area contributed by atoms with E-state index in [4.69, 9.17) is 9.47 Å². The van der Waals surface area contributed by atoms with Crippen molar-refractivity contribution in [3.63, 3.8) is 0 Å². The molecule has 1 atom stereocenters. The summed E-state index contributed by atoms with van der Waals surface area (Å²) in [7, 11) is -3.78. The van der Waals surface area contributed by atoms with Crippen molar-refractivity contribution in [2.24, 2.45) is 0 Å². The highest BCUT2D eigenvalue weighted by atomic mass is 32.2. The number of nitrogens with zero attached hydrogens (tertiary/aromatic N) is 1. The normalized spacial score (nSPS) is 15.5. The second-order valence-corrected chi connectivity index (χ2v) is 8.97. The Morgan fingerprint density at radius 3 is 2.45 bits per heavy atom. The number of fused-ring (bicyclic) bond motifs is 1. The summed E-state index contributed by atoms with van der Waals surface area (Å²) in [5.74, 6) is 0.793. The van der Waals surface area contributed by atoms with Crippen LogP contribution in [0.2, 0.25) is 0 Å². The molecule has 31 heavy (non-hydrogen) atoms. The highest BCUT2D eigenvalue weighted by molar-refractivity contribution is 7.92. The highest BCUT2D eigenvalue weighted by Crippen LogP contribution is 2.36. The van der Waals surface area contributed by atoms with Gasteiger partial charge in [-0.05, 0) is 55.5 Å². The molecule has 160 valence electrons. The number of para-hydroxylation sites is 3. The Morgan fingerprint density at radius 2 is 1.71 bits per heavy atom. The number of rotatable bonds is 6. The largest absolute Gasteiger partial charge is 0.487 e. The maximum atomic E-state index is 13.3. The first kappa shape index (κ1) is 20.7. The van der Waals surface area contributed by atoms with Gasteiger partial charge in [-0.3, -0.25) is 9.10 Å². The van der Waals surface area contributed by atoms with Crippen molar-refractivity contribution in [1.82, 2.24) is 0 Å². The van der Waals surface area contributed by atoms with Gasteiger partial charge in [0.25, 0.3) is 15.9 Å². The number of carbonyl (C=O) groups is 1. The maximum absolute atomic E-state index is 13.3. The van der Waals surface area contributed by atoms with Gasteiger partial charge in [-0.1, -0.05) is 30.3 Å². The first-order chi connectivity index (χ1) is 14.9. The third-order valence-corrected chi connectivity index (χ3v) is 6.52. The van der Waals surface area contributed by atoms with Crippen LogP contribution in [0.4, 0.5) is 11.4 Å². The van der Waals surface area contributed by atoms with Crippen LogP contribution in [-0.2, 0) is 14.8 Å². The third kappa shape index (κ3) is 4.64.